The molecule has 1 aromatic heterocycles. The number of amides is 1. The Balaban J connectivity index is 2.12. The molecule has 1 unspecified atom stereocenters. The van der Waals surface area contributed by atoms with E-state index in [9.17, 15) is 24.8 Å². The van der Waals surface area contributed by atoms with Crippen LogP contribution < -0.4 is 0 Å². The number of hydrogen-bond acceptors (Lipinski definition) is 7. The number of likely N-dealkylation sites (tertiary alicyclic amines) is 1. The van der Waals surface area contributed by atoms with E-state index >= 15 is 0 Å². The van der Waals surface area contributed by atoms with E-state index in [4.69, 9.17) is 4.74 Å². The highest BCUT2D eigenvalue weighted by Crippen LogP contribution is 2.39. The minimum Gasteiger partial charge on any atom is -0.507 e. The molecule has 1 aliphatic rings. The maximum absolute atomic E-state index is 12.8. The first-order valence-corrected chi connectivity index (χ1v) is 8.87. The van der Waals surface area contributed by atoms with Crippen LogP contribution in [0.4, 0.5) is 5.69 Å². The summed E-state index contributed by atoms with van der Waals surface area (Å²) in [5, 5.41) is 21.9. The SMILES string of the molecule is COCCCN1C(=O)C(=O)/C(=C(\O)c2cccc([N+](=O)[O-])c2)C1c1cccnc1. The number of nitro benzene ring substituents is 1. The summed E-state index contributed by atoms with van der Waals surface area (Å²) in [4.78, 5) is 41.3. The van der Waals surface area contributed by atoms with Gasteiger partial charge in [-0.05, 0) is 18.1 Å². The number of Topliss-reactive ketones (excluding diaryl/α,β-unsaturated/α-hetero) is 1. The van der Waals surface area contributed by atoms with Crippen LogP contribution in [-0.2, 0) is 14.3 Å². The predicted octanol–water partition coefficient (Wildman–Crippen LogP) is 2.45. The minimum absolute atomic E-state index is 0.0861. The van der Waals surface area contributed by atoms with Crippen LogP contribution in [0.3, 0.4) is 0 Å². The van der Waals surface area contributed by atoms with Gasteiger partial charge in [0.2, 0.25) is 0 Å². The monoisotopic (exact) mass is 397 g/mol. The van der Waals surface area contributed by atoms with Crippen LogP contribution in [0.15, 0.2) is 54.4 Å². The van der Waals surface area contributed by atoms with Gasteiger partial charge in [-0.3, -0.25) is 24.7 Å². The van der Waals surface area contributed by atoms with E-state index in [1.807, 2.05) is 0 Å². The average molecular weight is 397 g/mol. The Bertz CT molecular complexity index is 973. The normalized spacial score (nSPS) is 18.2. The molecule has 1 saturated heterocycles. The number of nitro groups is 1. The van der Waals surface area contributed by atoms with Crippen LogP contribution in [0.1, 0.15) is 23.6 Å². The third kappa shape index (κ3) is 3.99. The highest BCUT2D eigenvalue weighted by Gasteiger charge is 2.45. The van der Waals surface area contributed by atoms with Gasteiger partial charge in [-0.2, -0.15) is 0 Å². The van der Waals surface area contributed by atoms with Crippen LogP contribution in [0.25, 0.3) is 5.76 Å². The lowest BCUT2D eigenvalue weighted by molar-refractivity contribution is -0.384. The largest absolute Gasteiger partial charge is 0.507 e. The van der Waals surface area contributed by atoms with Gasteiger partial charge in [-0.1, -0.05) is 18.2 Å². The van der Waals surface area contributed by atoms with Crippen LogP contribution in [0.5, 0.6) is 0 Å². The van der Waals surface area contributed by atoms with Crippen molar-refractivity contribution in [2.24, 2.45) is 0 Å². The van der Waals surface area contributed by atoms with Gasteiger partial charge in [0.05, 0.1) is 16.5 Å². The standard InChI is InChI=1S/C20H19N3O6/c1-29-10-4-9-22-17(14-6-3-8-21-12-14)16(19(25)20(22)26)18(24)13-5-2-7-15(11-13)23(27)28/h2-3,5-8,11-12,17,24H,4,9-10H2,1H3/b18-16-. The molecule has 1 aromatic carbocycles. The Morgan fingerprint density at radius 2 is 2.10 bits per heavy atom. The van der Waals surface area contributed by atoms with Gasteiger partial charge in [0, 0.05) is 50.4 Å². The fraction of sp³-hybridized carbons (Fsp3) is 0.250. The van der Waals surface area contributed by atoms with Crippen LogP contribution in [-0.4, -0.2) is 51.9 Å². The Kier molecular flexibility index (Phi) is 5.99. The third-order valence-corrected chi connectivity index (χ3v) is 4.62. The number of carbonyl (C=O) groups excluding carboxylic acids is 2. The highest BCUT2D eigenvalue weighted by atomic mass is 16.6. The highest BCUT2D eigenvalue weighted by molar-refractivity contribution is 6.46. The molecule has 1 N–H and O–H groups in total. The number of ether oxygens (including phenoxy) is 1. The molecule has 9 nitrogen and oxygen atoms in total. The van der Waals surface area contributed by atoms with E-state index in [0.717, 1.165) is 6.07 Å². The van der Waals surface area contributed by atoms with Crippen molar-refractivity contribution in [2.75, 3.05) is 20.3 Å². The number of aromatic nitrogens is 1. The molecule has 0 saturated carbocycles. The summed E-state index contributed by atoms with van der Waals surface area (Å²) < 4.78 is 5.02. The van der Waals surface area contributed by atoms with Crippen molar-refractivity contribution in [3.8, 4) is 0 Å². The number of pyridine rings is 1. The number of ketones is 1. The molecule has 3 rings (SSSR count). The molecule has 1 atom stereocenters. The maximum Gasteiger partial charge on any atom is 0.295 e. The zero-order valence-corrected chi connectivity index (χ0v) is 15.6. The lowest BCUT2D eigenvalue weighted by atomic mass is 9.96. The minimum atomic E-state index is -0.847. The van der Waals surface area contributed by atoms with E-state index in [1.54, 1.807) is 18.3 Å². The topological polar surface area (TPSA) is 123 Å². The first-order chi connectivity index (χ1) is 14.0. The molecule has 0 spiro atoms. The second-order valence-electron chi connectivity index (χ2n) is 6.43. The van der Waals surface area contributed by atoms with Crippen molar-refractivity contribution in [1.29, 1.82) is 0 Å². The van der Waals surface area contributed by atoms with Crippen molar-refractivity contribution in [1.82, 2.24) is 9.88 Å². The third-order valence-electron chi connectivity index (χ3n) is 4.62. The van der Waals surface area contributed by atoms with Gasteiger partial charge in [0.15, 0.2) is 0 Å². The first-order valence-electron chi connectivity index (χ1n) is 8.87. The van der Waals surface area contributed by atoms with Gasteiger partial charge in [-0.25, -0.2) is 0 Å². The molecule has 0 radical (unpaired) electrons. The van der Waals surface area contributed by atoms with Crippen molar-refractivity contribution >= 4 is 23.1 Å². The van der Waals surface area contributed by atoms with Gasteiger partial charge in [0.25, 0.3) is 17.4 Å². The number of non-ortho nitro benzene ring substituents is 1. The Morgan fingerprint density at radius 1 is 1.31 bits per heavy atom. The summed E-state index contributed by atoms with van der Waals surface area (Å²) in [6.45, 7) is 0.636. The van der Waals surface area contributed by atoms with E-state index in [0.29, 0.717) is 18.6 Å². The van der Waals surface area contributed by atoms with Crippen LogP contribution in [0, 0.1) is 10.1 Å². The van der Waals surface area contributed by atoms with Gasteiger partial charge < -0.3 is 14.7 Å². The number of methoxy groups -OCH3 is 1. The maximum atomic E-state index is 12.8. The molecule has 2 aromatic rings. The van der Waals surface area contributed by atoms with Gasteiger partial charge in [-0.15, -0.1) is 0 Å². The lowest BCUT2D eigenvalue weighted by Crippen LogP contribution is -2.31. The Labute approximate surface area is 166 Å². The van der Waals surface area contributed by atoms with Crippen LogP contribution in [0.2, 0.25) is 0 Å². The average Bonchev–Trinajstić information content (AvgIpc) is 2.99. The quantitative estimate of drug-likeness (QED) is 0.190. The summed E-state index contributed by atoms with van der Waals surface area (Å²) in [7, 11) is 1.54. The summed E-state index contributed by atoms with van der Waals surface area (Å²) >= 11 is 0. The summed E-state index contributed by atoms with van der Waals surface area (Å²) in [6.07, 6.45) is 3.57. The predicted molar refractivity (Wildman–Crippen MR) is 103 cm³/mol. The summed E-state index contributed by atoms with van der Waals surface area (Å²) in [6, 6.07) is 7.81. The molecule has 1 fully saturated rings. The number of rotatable bonds is 7. The molecule has 2 heterocycles. The van der Waals surface area contributed by atoms with E-state index in [1.165, 1.54) is 36.4 Å². The van der Waals surface area contributed by atoms with E-state index in [-0.39, 0.29) is 23.4 Å². The number of aliphatic hydroxyl groups excluding tert-OH is 1. The molecule has 29 heavy (non-hydrogen) atoms. The smallest absolute Gasteiger partial charge is 0.295 e. The molecule has 1 aliphatic heterocycles. The van der Waals surface area contributed by atoms with Gasteiger partial charge >= 0.3 is 0 Å². The Hall–Kier alpha value is -3.59. The Morgan fingerprint density at radius 3 is 2.76 bits per heavy atom. The number of nitrogens with zero attached hydrogens (tertiary/aromatic N) is 3. The molecule has 9 heteroatoms. The first kappa shape index (κ1) is 20.2. The van der Waals surface area contributed by atoms with Crippen molar-refractivity contribution < 1.29 is 24.4 Å². The van der Waals surface area contributed by atoms with Crippen molar-refractivity contribution in [3.05, 3.63) is 75.6 Å². The number of benzene rings is 1. The fourth-order valence-electron chi connectivity index (χ4n) is 3.30. The summed E-state index contributed by atoms with van der Waals surface area (Å²) in [5.41, 5.74) is 0.279. The molecule has 1 amide bonds. The molecule has 0 aliphatic carbocycles. The number of aliphatic hydroxyl groups is 1. The second kappa shape index (κ2) is 8.61. The van der Waals surface area contributed by atoms with Crippen molar-refractivity contribution in [2.45, 2.75) is 12.5 Å². The zero-order valence-electron chi connectivity index (χ0n) is 15.6. The molecular weight excluding hydrogens is 378 g/mol. The second-order valence-corrected chi connectivity index (χ2v) is 6.43. The number of carbonyl (C=O) groups is 2. The van der Waals surface area contributed by atoms with Gasteiger partial charge in [0.1, 0.15) is 5.76 Å². The molecule has 150 valence electrons. The van der Waals surface area contributed by atoms with Crippen LogP contribution >= 0.6 is 0 Å². The zero-order chi connectivity index (χ0) is 21.0. The van der Waals surface area contributed by atoms with E-state index < -0.39 is 28.4 Å². The van der Waals surface area contributed by atoms with Crippen molar-refractivity contribution in [3.63, 3.8) is 0 Å². The summed E-state index contributed by atoms with van der Waals surface area (Å²) in [5.74, 6) is -2.06. The molecular formula is C20H19N3O6. The lowest BCUT2D eigenvalue weighted by Gasteiger charge is -2.24. The van der Waals surface area contributed by atoms with E-state index in [2.05, 4.69) is 4.98 Å². The molecule has 0 bridgehead atoms. The number of hydrogen-bond donors (Lipinski definition) is 1. The fourth-order valence-corrected chi connectivity index (χ4v) is 3.30.